The summed E-state index contributed by atoms with van der Waals surface area (Å²) in [4.78, 5) is 5.12. The van der Waals surface area contributed by atoms with Crippen molar-refractivity contribution in [3.8, 4) is 5.75 Å². The zero-order chi connectivity index (χ0) is 28.5. The molecule has 0 radical (unpaired) electrons. The van der Waals surface area contributed by atoms with Gasteiger partial charge in [0.1, 0.15) is 37.1 Å². The number of aliphatic hydroxyl groups excluding tert-OH is 1. The minimum atomic E-state index is -0.799. The average molecular weight is 566 g/mol. The highest BCUT2D eigenvalue weighted by Crippen LogP contribution is 2.55. The van der Waals surface area contributed by atoms with Gasteiger partial charge in [-0.15, -0.1) is 0 Å². The molecule has 2 aromatic rings. The zero-order valence-electron chi connectivity index (χ0n) is 24.0. The molecule has 8 atom stereocenters. The number of methoxy groups -OCH3 is 1. The fourth-order valence-corrected chi connectivity index (χ4v) is 7.21. The Hall–Kier alpha value is -2.57. The standard InChI is InChI=1S/C31H39N3O7/c1-16(2)25(32)27(35)22-12-23(40-15-39-22)31-7-5-9-38-28(31)17-10-18-24-20(34-30(3)13-37-14-41-29(24)30)11-21(36-4)26(18)33-19(17)6-8-31/h5-8,10-11,16,22-23,25,27-29,34-35H,9,12-15,32H2,1-4H3/t22?,23-,25+,27+,28?,29+,30+,31-/m1/s1. The van der Waals surface area contributed by atoms with Crippen molar-refractivity contribution < 1.29 is 33.5 Å². The molecule has 2 fully saturated rings. The first-order valence-corrected chi connectivity index (χ1v) is 14.4. The van der Waals surface area contributed by atoms with Crippen LogP contribution in [0.3, 0.4) is 0 Å². The summed E-state index contributed by atoms with van der Waals surface area (Å²) >= 11 is 0. The van der Waals surface area contributed by atoms with Crippen LogP contribution in [0.2, 0.25) is 0 Å². The fraction of sp³-hybridized carbons (Fsp3) is 0.581. The number of nitrogens with two attached hydrogens (primary N) is 1. The van der Waals surface area contributed by atoms with Gasteiger partial charge in [-0.2, -0.15) is 0 Å². The van der Waals surface area contributed by atoms with Gasteiger partial charge < -0.3 is 44.6 Å². The highest BCUT2D eigenvalue weighted by Gasteiger charge is 2.52. The molecule has 1 aromatic carbocycles. The van der Waals surface area contributed by atoms with Crippen molar-refractivity contribution in [1.82, 2.24) is 4.98 Å². The second kappa shape index (κ2) is 10.0. The lowest BCUT2D eigenvalue weighted by Crippen LogP contribution is -2.54. The lowest BCUT2D eigenvalue weighted by atomic mass is 9.67. The van der Waals surface area contributed by atoms with Gasteiger partial charge >= 0.3 is 0 Å². The molecule has 220 valence electrons. The first-order chi connectivity index (χ1) is 19.8. The maximum absolute atomic E-state index is 11.0. The third kappa shape index (κ3) is 4.15. The lowest BCUT2D eigenvalue weighted by Gasteiger charge is -2.48. The molecule has 10 heteroatoms. The molecule has 4 N–H and O–H groups in total. The van der Waals surface area contributed by atoms with Crippen LogP contribution in [0.1, 0.15) is 56.2 Å². The highest BCUT2D eigenvalue weighted by molar-refractivity contribution is 5.96. The minimum absolute atomic E-state index is 0.0756. The summed E-state index contributed by atoms with van der Waals surface area (Å²) in [7, 11) is 1.67. The van der Waals surface area contributed by atoms with E-state index < -0.39 is 29.2 Å². The van der Waals surface area contributed by atoms with Gasteiger partial charge in [-0.25, -0.2) is 4.98 Å². The summed E-state index contributed by atoms with van der Waals surface area (Å²) in [6, 6.07) is 3.80. The Bertz CT molecular complexity index is 1410. The number of aliphatic hydroxyl groups is 1. The largest absolute Gasteiger partial charge is 0.494 e. The normalized spacial score (nSPS) is 35.3. The number of benzene rings is 1. The van der Waals surface area contributed by atoms with Gasteiger partial charge in [0, 0.05) is 40.7 Å². The molecule has 1 aromatic heterocycles. The molecule has 1 aliphatic carbocycles. The van der Waals surface area contributed by atoms with E-state index in [0.717, 1.165) is 33.4 Å². The predicted octanol–water partition coefficient (Wildman–Crippen LogP) is 3.59. The molecular weight excluding hydrogens is 526 g/mol. The average Bonchev–Trinajstić information content (AvgIpc) is 3.30. The highest BCUT2D eigenvalue weighted by atomic mass is 16.7. The topological polar surface area (TPSA) is 127 Å². The number of hydrogen-bond acceptors (Lipinski definition) is 10. The monoisotopic (exact) mass is 565 g/mol. The van der Waals surface area contributed by atoms with E-state index in [4.69, 9.17) is 39.1 Å². The number of pyridine rings is 1. The summed E-state index contributed by atoms with van der Waals surface area (Å²) < 4.78 is 36.3. The fourth-order valence-electron chi connectivity index (χ4n) is 7.21. The van der Waals surface area contributed by atoms with Crippen molar-refractivity contribution in [2.24, 2.45) is 17.1 Å². The van der Waals surface area contributed by atoms with E-state index in [2.05, 4.69) is 30.5 Å². The maximum atomic E-state index is 11.0. The Morgan fingerprint density at radius 1 is 1.12 bits per heavy atom. The second-order valence-electron chi connectivity index (χ2n) is 12.4. The van der Waals surface area contributed by atoms with Crippen LogP contribution >= 0.6 is 0 Å². The van der Waals surface area contributed by atoms with Crippen molar-refractivity contribution in [3.05, 3.63) is 47.2 Å². The van der Waals surface area contributed by atoms with E-state index >= 15 is 0 Å². The predicted molar refractivity (Wildman–Crippen MR) is 152 cm³/mol. The van der Waals surface area contributed by atoms with Crippen LogP contribution in [0, 0.1) is 11.3 Å². The van der Waals surface area contributed by atoms with Gasteiger partial charge in [0.15, 0.2) is 0 Å². The van der Waals surface area contributed by atoms with Crippen molar-refractivity contribution in [2.75, 3.05) is 39.2 Å². The molecule has 10 nitrogen and oxygen atoms in total. The Morgan fingerprint density at radius 3 is 2.78 bits per heavy atom. The number of fused-ring (bicyclic) bond motifs is 8. The molecule has 7 rings (SSSR count). The number of aromatic nitrogens is 1. The summed E-state index contributed by atoms with van der Waals surface area (Å²) in [6.07, 6.45) is 6.81. The Morgan fingerprint density at radius 2 is 1.98 bits per heavy atom. The number of hydrogen-bond donors (Lipinski definition) is 3. The molecule has 4 aliphatic heterocycles. The van der Waals surface area contributed by atoms with E-state index in [-0.39, 0.29) is 37.8 Å². The van der Waals surface area contributed by atoms with Gasteiger partial charge in [0.25, 0.3) is 0 Å². The van der Waals surface area contributed by atoms with E-state index in [1.807, 2.05) is 32.1 Å². The maximum Gasteiger partial charge on any atom is 0.147 e. The minimum Gasteiger partial charge on any atom is -0.494 e. The molecular formula is C31H39N3O7. The molecule has 0 spiro atoms. The van der Waals surface area contributed by atoms with Crippen LogP contribution in [-0.4, -0.2) is 73.9 Å². The number of nitrogens with one attached hydrogen (secondary N) is 1. The van der Waals surface area contributed by atoms with Crippen molar-refractivity contribution in [2.45, 2.75) is 69.3 Å². The second-order valence-corrected chi connectivity index (χ2v) is 12.4. The van der Waals surface area contributed by atoms with Gasteiger partial charge in [-0.05, 0) is 25.0 Å². The van der Waals surface area contributed by atoms with Crippen LogP contribution in [0.15, 0.2) is 30.4 Å². The van der Waals surface area contributed by atoms with Crippen molar-refractivity contribution in [3.63, 3.8) is 0 Å². The third-order valence-corrected chi connectivity index (χ3v) is 9.51. The number of ether oxygens (including phenoxy) is 6. The van der Waals surface area contributed by atoms with Crippen LogP contribution in [0.5, 0.6) is 5.75 Å². The molecule has 5 aliphatic rings. The number of nitrogens with zero attached hydrogens (tertiary/aromatic N) is 1. The van der Waals surface area contributed by atoms with E-state index in [1.165, 1.54) is 0 Å². The van der Waals surface area contributed by atoms with Gasteiger partial charge in [-0.3, -0.25) is 0 Å². The lowest BCUT2D eigenvalue weighted by molar-refractivity contribution is -0.231. The number of anilines is 1. The van der Waals surface area contributed by atoms with E-state index in [1.54, 1.807) is 7.11 Å². The van der Waals surface area contributed by atoms with Gasteiger partial charge in [0.05, 0.1) is 55.3 Å². The molecule has 0 saturated carbocycles. The molecule has 0 amide bonds. The first kappa shape index (κ1) is 27.3. The Kier molecular flexibility index (Phi) is 6.66. The summed E-state index contributed by atoms with van der Waals surface area (Å²) in [5.74, 6) is 0.812. The molecule has 5 heterocycles. The van der Waals surface area contributed by atoms with E-state index in [9.17, 15) is 5.11 Å². The van der Waals surface area contributed by atoms with Crippen LogP contribution in [-0.2, 0) is 23.7 Å². The summed E-state index contributed by atoms with van der Waals surface area (Å²) in [6.45, 7) is 7.45. The van der Waals surface area contributed by atoms with Crippen LogP contribution in [0.25, 0.3) is 17.0 Å². The Balaban J connectivity index is 1.32. The molecule has 2 saturated heterocycles. The Labute approximate surface area is 239 Å². The summed E-state index contributed by atoms with van der Waals surface area (Å²) in [5.41, 5.74) is 9.93. The van der Waals surface area contributed by atoms with Crippen molar-refractivity contribution in [1.29, 1.82) is 0 Å². The SMILES string of the molecule is COc1cc2c(c3cc4c(nc13)C=C[C@@]1([C@H]3CC([C@H](O)[C@@H](N)C(C)C)OCO3)C=CCOC41)[C@@H]1OCOC[C@]1(C)N2. The molecule has 0 bridgehead atoms. The van der Waals surface area contributed by atoms with Gasteiger partial charge in [0.2, 0.25) is 0 Å². The quantitative estimate of drug-likeness (QED) is 0.463. The van der Waals surface area contributed by atoms with E-state index in [0.29, 0.717) is 25.4 Å². The van der Waals surface area contributed by atoms with Crippen LogP contribution in [0.4, 0.5) is 5.69 Å². The van der Waals surface area contributed by atoms with Crippen molar-refractivity contribution >= 4 is 22.7 Å². The summed E-state index contributed by atoms with van der Waals surface area (Å²) in [5, 5.41) is 15.6. The van der Waals surface area contributed by atoms with Gasteiger partial charge in [-0.1, -0.05) is 32.1 Å². The smallest absolute Gasteiger partial charge is 0.147 e. The third-order valence-electron chi connectivity index (χ3n) is 9.51. The first-order valence-electron chi connectivity index (χ1n) is 14.4. The zero-order valence-corrected chi connectivity index (χ0v) is 24.0. The molecule has 41 heavy (non-hydrogen) atoms. The molecule has 2 unspecified atom stereocenters. The van der Waals surface area contributed by atoms with Crippen LogP contribution < -0.4 is 15.8 Å². The number of rotatable bonds is 5.